The first kappa shape index (κ1) is 17.5. The van der Waals surface area contributed by atoms with Crippen LogP contribution in [0.15, 0.2) is 36.5 Å². The van der Waals surface area contributed by atoms with E-state index >= 15 is 0 Å². The van der Waals surface area contributed by atoms with Crippen LogP contribution in [0.4, 0.5) is 22.0 Å². The second kappa shape index (κ2) is 6.18. The first-order valence-electron chi connectivity index (χ1n) is 9.29. The number of aromatic nitrogens is 1. The average molecular weight is 398 g/mol. The van der Waals surface area contributed by atoms with Crippen LogP contribution in [-0.4, -0.2) is 59.9 Å². The van der Waals surface area contributed by atoms with E-state index in [9.17, 15) is 9.59 Å². The number of anilines is 3. The Labute approximate surface area is 167 Å². The summed E-state index contributed by atoms with van der Waals surface area (Å²) >= 11 is 6.22. The first-order chi connectivity index (χ1) is 13.5. The molecule has 3 aliphatic heterocycles. The molecule has 3 amide bonds. The van der Waals surface area contributed by atoms with E-state index in [0.717, 1.165) is 19.5 Å². The number of hydrogen-bond acceptors (Lipinski definition) is 4. The van der Waals surface area contributed by atoms with E-state index in [0.29, 0.717) is 40.9 Å². The van der Waals surface area contributed by atoms with E-state index in [-0.39, 0.29) is 17.4 Å². The third-order valence-corrected chi connectivity index (χ3v) is 6.04. The number of rotatable bonds is 0. The minimum atomic E-state index is -0.283. The highest BCUT2D eigenvalue weighted by atomic mass is 35.5. The minimum absolute atomic E-state index is 0.175. The monoisotopic (exact) mass is 397 g/mol. The predicted octanol–water partition coefficient (Wildman–Crippen LogP) is 3.20. The van der Waals surface area contributed by atoms with Crippen molar-refractivity contribution in [3.8, 4) is 0 Å². The van der Waals surface area contributed by atoms with Gasteiger partial charge in [0.1, 0.15) is 0 Å². The van der Waals surface area contributed by atoms with Gasteiger partial charge in [0.15, 0.2) is 5.82 Å². The molecule has 28 heavy (non-hydrogen) atoms. The van der Waals surface area contributed by atoms with Crippen LogP contribution in [-0.2, 0) is 0 Å². The van der Waals surface area contributed by atoms with Crippen molar-refractivity contribution in [1.82, 2.24) is 14.8 Å². The molecular formula is C20H20ClN5O2. The van der Waals surface area contributed by atoms with Crippen molar-refractivity contribution < 1.29 is 9.59 Å². The normalized spacial score (nSPS) is 20.3. The molecule has 2 fully saturated rings. The number of pyridine rings is 1. The second-order valence-electron chi connectivity index (χ2n) is 7.95. The molecule has 5 rings (SSSR count). The fourth-order valence-electron chi connectivity index (χ4n) is 4.65. The number of hydrogen-bond donors (Lipinski definition) is 1. The molecule has 144 valence electrons. The zero-order valence-corrected chi connectivity index (χ0v) is 16.2. The predicted molar refractivity (Wildman–Crippen MR) is 107 cm³/mol. The molecule has 0 atom stereocenters. The van der Waals surface area contributed by atoms with Crippen LogP contribution in [0.5, 0.6) is 0 Å². The van der Waals surface area contributed by atoms with Gasteiger partial charge in [0.2, 0.25) is 0 Å². The van der Waals surface area contributed by atoms with Gasteiger partial charge in [0, 0.05) is 42.8 Å². The smallest absolute Gasteiger partial charge is 0.323 e. The molecule has 4 heterocycles. The van der Waals surface area contributed by atoms with Crippen LogP contribution in [0.25, 0.3) is 0 Å². The maximum absolute atomic E-state index is 13.6. The van der Waals surface area contributed by atoms with Crippen molar-refractivity contribution in [3.05, 3.63) is 47.1 Å². The molecule has 1 N–H and O–H groups in total. The van der Waals surface area contributed by atoms with E-state index in [1.807, 2.05) is 4.90 Å². The van der Waals surface area contributed by atoms with Crippen LogP contribution in [0.1, 0.15) is 16.8 Å². The Morgan fingerprint density at radius 2 is 2.07 bits per heavy atom. The zero-order valence-electron chi connectivity index (χ0n) is 15.5. The number of urea groups is 1. The molecule has 1 spiro atoms. The Hall–Kier alpha value is -2.64. The first-order valence-corrected chi connectivity index (χ1v) is 9.67. The molecular weight excluding hydrogens is 378 g/mol. The highest BCUT2D eigenvalue weighted by molar-refractivity contribution is 6.31. The third kappa shape index (κ3) is 2.65. The zero-order chi connectivity index (χ0) is 19.5. The molecule has 0 bridgehead atoms. The van der Waals surface area contributed by atoms with E-state index in [1.54, 1.807) is 36.5 Å². The quantitative estimate of drug-likeness (QED) is 0.741. The lowest BCUT2D eigenvalue weighted by Crippen LogP contribution is -2.56. The maximum atomic E-state index is 13.6. The lowest BCUT2D eigenvalue weighted by molar-refractivity contribution is 0.0339. The fourth-order valence-corrected chi connectivity index (χ4v) is 4.82. The summed E-state index contributed by atoms with van der Waals surface area (Å²) < 4.78 is 0. The summed E-state index contributed by atoms with van der Waals surface area (Å²) in [7, 11) is 2.10. The Balaban J connectivity index is 1.58. The summed E-state index contributed by atoms with van der Waals surface area (Å²) in [6.07, 6.45) is 2.61. The largest absolute Gasteiger partial charge is 0.330 e. The van der Waals surface area contributed by atoms with Crippen molar-refractivity contribution in [2.24, 2.45) is 5.41 Å². The van der Waals surface area contributed by atoms with Gasteiger partial charge >= 0.3 is 6.03 Å². The Morgan fingerprint density at radius 1 is 1.25 bits per heavy atom. The summed E-state index contributed by atoms with van der Waals surface area (Å²) in [6, 6.07) is 8.26. The number of benzene rings is 1. The summed E-state index contributed by atoms with van der Waals surface area (Å²) in [6.45, 7) is 3.43. The number of halogens is 1. The van der Waals surface area contributed by atoms with Crippen molar-refractivity contribution in [1.29, 1.82) is 0 Å². The average Bonchev–Trinajstić information content (AvgIpc) is 3.03. The molecule has 0 aliphatic carbocycles. The second-order valence-corrected chi connectivity index (χ2v) is 8.39. The molecule has 0 saturated carbocycles. The van der Waals surface area contributed by atoms with Crippen molar-refractivity contribution in [2.45, 2.75) is 6.42 Å². The molecule has 1 aromatic carbocycles. The molecule has 0 radical (unpaired) electrons. The van der Waals surface area contributed by atoms with Crippen molar-refractivity contribution in [3.63, 3.8) is 0 Å². The number of amides is 3. The maximum Gasteiger partial charge on any atom is 0.330 e. The molecule has 7 nitrogen and oxygen atoms in total. The molecule has 2 saturated heterocycles. The number of nitrogens with one attached hydrogen (secondary N) is 1. The van der Waals surface area contributed by atoms with Crippen LogP contribution in [0.3, 0.4) is 0 Å². The minimum Gasteiger partial charge on any atom is -0.323 e. The lowest BCUT2D eigenvalue weighted by atomic mass is 9.79. The van der Waals surface area contributed by atoms with Gasteiger partial charge < -0.3 is 15.1 Å². The molecule has 3 aliphatic rings. The van der Waals surface area contributed by atoms with Crippen LogP contribution >= 0.6 is 11.6 Å². The van der Waals surface area contributed by atoms with E-state index in [1.165, 1.54) is 4.90 Å². The van der Waals surface area contributed by atoms with Crippen LogP contribution in [0.2, 0.25) is 5.02 Å². The number of carbonyl (C=O) groups is 2. The number of nitrogens with zero attached hydrogens (tertiary/aromatic N) is 4. The topological polar surface area (TPSA) is 68.8 Å². The van der Waals surface area contributed by atoms with E-state index < -0.39 is 0 Å². The third-order valence-electron chi connectivity index (χ3n) is 5.80. The van der Waals surface area contributed by atoms with Gasteiger partial charge in [0.05, 0.1) is 16.9 Å². The fraction of sp³-hybridized carbons (Fsp3) is 0.350. The molecule has 2 aromatic rings. The number of likely N-dealkylation sites (tertiary alicyclic amines) is 2. The highest BCUT2D eigenvalue weighted by Crippen LogP contribution is 2.42. The van der Waals surface area contributed by atoms with Gasteiger partial charge in [-0.05, 0) is 43.8 Å². The Morgan fingerprint density at radius 3 is 2.86 bits per heavy atom. The Bertz CT molecular complexity index is 988. The summed E-state index contributed by atoms with van der Waals surface area (Å²) in [5, 5.41) is 3.31. The van der Waals surface area contributed by atoms with Gasteiger partial charge in [-0.2, -0.15) is 0 Å². The van der Waals surface area contributed by atoms with E-state index in [4.69, 9.17) is 11.6 Å². The van der Waals surface area contributed by atoms with Gasteiger partial charge in [-0.3, -0.25) is 4.79 Å². The van der Waals surface area contributed by atoms with Gasteiger partial charge in [-0.25, -0.2) is 14.7 Å². The lowest BCUT2D eigenvalue weighted by Gasteiger charge is -2.46. The van der Waals surface area contributed by atoms with Gasteiger partial charge in [-0.1, -0.05) is 11.6 Å². The van der Waals surface area contributed by atoms with Crippen LogP contribution in [0, 0.1) is 5.41 Å². The van der Waals surface area contributed by atoms with Crippen molar-refractivity contribution in [2.75, 3.05) is 43.4 Å². The van der Waals surface area contributed by atoms with E-state index in [2.05, 4.69) is 22.2 Å². The molecule has 8 heteroatoms. The van der Waals surface area contributed by atoms with Gasteiger partial charge in [-0.15, -0.1) is 0 Å². The van der Waals surface area contributed by atoms with Crippen LogP contribution < -0.4 is 10.2 Å². The van der Waals surface area contributed by atoms with Crippen molar-refractivity contribution >= 4 is 40.7 Å². The summed E-state index contributed by atoms with van der Waals surface area (Å²) in [5.41, 5.74) is 1.55. The molecule has 0 unspecified atom stereocenters. The number of carbonyl (C=O) groups excluding carboxylic acids is 2. The Kier molecular flexibility index (Phi) is 3.86. The summed E-state index contributed by atoms with van der Waals surface area (Å²) in [4.78, 5) is 36.4. The summed E-state index contributed by atoms with van der Waals surface area (Å²) in [5.74, 6) is 0.128. The number of fused-ring (bicyclic) bond motifs is 2. The molecule has 1 aromatic heterocycles. The standard InChI is InChI=1S/C20H20ClN5O2/c1-24-10-20(11-24)6-8-25(12-20)19(28)26-16-9-13(21)4-5-14(16)18(27)23-15-3-2-7-22-17(15)26/h2-5,7,9H,6,8,10-12H2,1H3,(H,23,27). The SMILES string of the molecule is CN1CC2(CCN(C(=O)N3c4cc(Cl)ccc4C(=O)Nc4cccnc43)C2)C1. The highest BCUT2D eigenvalue weighted by Gasteiger charge is 2.48. The van der Waals surface area contributed by atoms with Gasteiger partial charge in [0.25, 0.3) is 5.91 Å².